The Morgan fingerprint density at radius 3 is 2.53 bits per heavy atom. The molecule has 0 bridgehead atoms. The lowest BCUT2D eigenvalue weighted by atomic mass is 10.1. The van der Waals surface area contributed by atoms with Crippen LogP contribution in [0.4, 0.5) is 0 Å². The van der Waals surface area contributed by atoms with Crippen LogP contribution < -0.4 is 0 Å². The number of aryl methyl sites for hydroxylation is 2. The highest BCUT2D eigenvalue weighted by atomic mass is 79.9. The molecule has 96 valence electrons. The average molecular weight is 350 g/mol. The van der Waals surface area contributed by atoms with E-state index in [0.717, 1.165) is 20.7 Å². The van der Waals surface area contributed by atoms with E-state index in [1.807, 2.05) is 12.1 Å². The molecule has 1 aromatic carbocycles. The van der Waals surface area contributed by atoms with Crippen molar-refractivity contribution in [2.24, 2.45) is 0 Å². The number of thiophene rings is 1. The third kappa shape index (κ3) is 2.40. The predicted octanol–water partition coefficient (Wildman–Crippen LogP) is 5.92. The van der Waals surface area contributed by atoms with E-state index in [0.29, 0.717) is 0 Å². The second-order valence-corrected chi connectivity index (χ2v) is 7.17. The highest BCUT2D eigenvalue weighted by molar-refractivity contribution is 9.10. The first-order valence-electron chi connectivity index (χ1n) is 5.92. The van der Waals surface area contributed by atoms with Gasteiger partial charge in [-0.15, -0.1) is 11.3 Å². The smallest absolute Gasteiger partial charge is 0.125 e. The van der Waals surface area contributed by atoms with Gasteiger partial charge in [-0.1, -0.05) is 34.1 Å². The summed E-state index contributed by atoms with van der Waals surface area (Å²) in [4.78, 5) is 6.10. The lowest BCUT2D eigenvalue weighted by molar-refractivity contribution is 1.36. The number of benzene rings is 1. The van der Waals surface area contributed by atoms with Crippen LogP contribution in [0, 0.1) is 13.8 Å². The minimum Gasteiger partial charge on any atom is -0.236 e. The molecule has 0 saturated carbocycles. The summed E-state index contributed by atoms with van der Waals surface area (Å²) in [6.45, 7) is 4.28. The van der Waals surface area contributed by atoms with Crippen molar-refractivity contribution in [1.82, 2.24) is 4.98 Å². The van der Waals surface area contributed by atoms with Crippen LogP contribution in [0.3, 0.4) is 0 Å². The molecular weight excluding hydrogens is 338 g/mol. The second kappa shape index (κ2) is 5.19. The van der Waals surface area contributed by atoms with Gasteiger partial charge in [-0.05, 0) is 30.9 Å². The SMILES string of the molecule is Cc1cscc1-c1nc(-c2ccccc2Br)c(C)s1. The molecule has 0 amide bonds. The Morgan fingerprint density at radius 1 is 1.05 bits per heavy atom. The molecule has 0 radical (unpaired) electrons. The van der Waals surface area contributed by atoms with E-state index in [1.165, 1.54) is 16.0 Å². The molecule has 3 aromatic rings. The van der Waals surface area contributed by atoms with Crippen LogP contribution >= 0.6 is 38.6 Å². The van der Waals surface area contributed by atoms with Gasteiger partial charge in [0.25, 0.3) is 0 Å². The number of rotatable bonds is 2. The molecule has 0 aliphatic rings. The van der Waals surface area contributed by atoms with E-state index in [2.05, 4.69) is 52.7 Å². The fourth-order valence-electron chi connectivity index (χ4n) is 1.99. The highest BCUT2D eigenvalue weighted by Gasteiger charge is 2.14. The Bertz CT molecular complexity index is 727. The summed E-state index contributed by atoms with van der Waals surface area (Å²) in [6.07, 6.45) is 0. The minimum atomic E-state index is 1.08. The van der Waals surface area contributed by atoms with Crippen molar-refractivity contribution in [3.05, 3.63) is 49.9 Å². The normalized spacial score (nSPS) is 10.9. The van der Waals surface area contributed by atoms with Crippen molar-refractivity contribution < 1.29 is 0 Å². The standard InChI is InChI=1S/C15H12BrNS2/c1-9-7-18-8-12(9)15-17-14(10(2)19-15)11-5-3-4-6-13(11)16/h3-8H,1-2H3. The van der Waals surface area contributed by atoms with E-state index < -0.39 is 0 Å². The summed E-state index contributed by atoms with van der Waals surface area (Å²) in [5.41, 5.74) is 4.81. The molecule has 0 atom stereocenters. The van der Waals surface area contributed by atoms with Crippen molar-refractivity contribution in [3.8, 4) is 21.8 Å². The molecule has 1 nitrogen and oxygen atoms in total. The first-order chi connectivity index (χ1) is 9.16. The van der Waals surface area contributed by atoms with Crippen LogP contribution in [-0.2, 0) is 0 Å². The van der Waals surface area contributed by atoms with Gasteiger partial charge in [-0.2, -0.15) is 11.3 Å². The number of nitrogens with zero attached hydrogens (tertiary/aromatic N) is 1. The quantitative estimate of drug-likeness (QED) is 0.559. The van der Waals surface area contributed by atoms with Gasteiger partial charge in [0, 0.05) is 25.9 Å². The summed E-state index contributed by atoms with van der Waals surface area (Å²) in [5.74, 6) is 0. The topological polar surface area (TPSA) is 12.9 Å². The van der Waals surface area contributed by atoms with Crippen LogP contribution in [0.5, 0.6) is 0 Å². The fourth-order valence-corrected chi connectivity index (χ4v) is 4.38. The van der Waals surface area contributed by atoms with Crippen molar-refractivity contribution in [3.63, 3.8) is 0 Å². The molecule has 2 aromatic heterocycles. The van der Waals surface area contributed by atoms with Crippen LogP contribution in [0.1, 0.15) is 10.4 Å². The summed E-state index contributed by atoms with van der Waals surface area (Å²) in [7, 11) is 0. The number of hydrogen-bond donors (Lipinski definition) is 0. The first-order valence-corrected chi connectivity index (χ1v) is 8.47. The Balaban J connectivity index is 2.13. The molecule has 0 aliphatic heterocycles. The van der Waals surface area contributed by atoms with Gasteiger partial charge in [0.05, 0.1) is 5.69 Å². The van der Waals surface area contributed by atoms with Gasteiger partial charge >= 0.3 is 0 Å². The third-order valence-electron chi connectivity index (χ3n) is 3.01. The van der Waals surface area contributed by atoms with Crippen LogP contribution in [0.15, 0.2) is 39.5 Å². The molecule has 0 N–H and O–H groups in total. The zero-order chi connectivity index (χ0) is 13.4. The molecule has 0 fully saturated rings. The monoisotopic (exact) mass is 349 g/mol. The van der Waals surface area contributed by atoms with Gasteiger partial charge in [0.15, 0.2) is 0 Å². The predicted molar refractivity (Wildman–Crippen MR) is 88.0 cm³/mol. The van der Waals surface area contributed by atoms with E-state index in [4.69, 9.17) is 4.98 Å². The maximum atomic E-state index is 4.84. The Hall–Kier alpha value is -0.970. The van der Waals surface area contributed by atoms with Crippen LogP contribution in [0.2, 0.25) is 0 Å². The Kier molecular flexibility index (Phi) is 3.56. The zero-order valence-corrected chi connectivity index (χ0v) is 13.8. The van der Waals surface area contributed by atoms with E-state index in [9.17, 15) is 0 Å². The first kappa shape index (κ1) is 13.0. The molecule has 19 heavy (non-hydrogen) atoms. The molecule has 2 heterocycles. The lowest BCUT2D eigenvalue weighted by Gasteiger charge is -2.01. The van der Waals surface area contributed by atoms with Crippen LogP contribution in [0.25, 0.3) is 21.8 Å². The van der Waals surface area contributed by atoms with Gasteiger partial charge in [0.1, 0.15) is 5.01 Å². The molecule has 3 rings (SSSR count). The summed E-state index contributed by atoms with van der Waals surface area (Å²) < 4.78 is 1.09. The lowest BCUT2D eigenvalue weighted by Crippen LogP contribution is -1.82. The maximum absolute atomic E-state index is 4.84. The van der Waals surface area contributed by atoms with E-state index in [-0.39, 0.29) is 0 Å². The van der Waals surface area contributed by atoms with Gasteiger partial charge in [0.2, 0.25) is 0 Å². The average Bonchev–Trinajstić information content (AvgIpc) is 2.96. The van der Waals surface area contributed by atoms with Gasteiger partial charge < -0.3 is 0 Å². The number of aromatic nitrogens is 1. The molecule has 0 aliphatic carbocycles. The highest BCUT2D eigenvalue weighted by Crippen LogP contribution is 2.37. The van der Waals surface area contributed by atoms with Crippen molar-refractivity contribution in [2.45, 2.75) is 13.8 Å². The van der Waals surface area contributed by atoms with Crippen LogP contribution in [-0.4, -0.2) is 4.98 Å². The number of hydrogen-bond acceptors (Lipinski definition) is 3. The molecule has 4 heteroatoms. The van der Waals surface area contributed by atoms with Gasteiger partial charge in [-0.3, -0.25) is 0 Å². The second-order valence-electron chi connectivity index (χ2n) is 4.37. The van der Waals surface area contributed by atoms with Crippen molar-refractivity contribution in [1.29, 1.82) is 0 Å². The third-order valence-corrected chi connectivity index (χ3v) is 5.57. The van der Waals surface area contributed by atoms with Crippen molar-refractivity contribution >= 4 is 38.6 Å². The van der Waals surface area contributed by atoms with E-state index in [1.54, 1.807) is 22.7 Å². The number of halogens is 1. The number of thiazole rings is 1. The van der Waals surface area contributed by atoms with E-state index >= 15 is 0 Å². The Labute approximate surface area is 129 Å². The Morgan fingerprint density at radius 2 is 1.84 bits per heavy atom. The summed E-state index contributed by atoms with van der Waals surface area (Å²) >= 11 is 7.10. The van der Waals surface area contributed by atoms with Crippen molar-refractivity contribution in [2.75, 3.05) is 0 Å². The minimum absolute atomic E-state index is 1.08. The summed E-state index contributed by atoms with van der Waals surface area (Å²) in [5, 5.41) is 5.46. The molecular formula is C15H12BrNS2. The van der Waals surface area contributed by atoms with Gasteiger partial charge in [-0.25, -0.2) is 4.98 Å². The fraction of sp³-hybridized carbons (Fsp3) is 0.133. The molecule has 0 spiro atoms. The molecule has 0 unspecified atom stereocenters. The summed E-state index contributed by atoms with van der Waals surface area (Å²) in [6, 6.07) is 8.24. The largest absolute Gasteiger partial charge is 0.236 e. The maximum Gasteiger partial charge on any atom is 0.125 e. The zero-order valence-electron chi connectivity index (χ0n) is 10.6. The molecule has 0 saturated heterocycles.